The van der Waals surface area contributed by atoms with Gasteiger partial charge in [-0.1, -0.05) is 0 Å². The fraction of sp³-hybridized carbons (Fsp3) is 0.500. The van der Waals surface area contributed by atoms with E-state index in [1.165, 1.54) is 25.3 Å². The summed E-state index contributed by atoms with van der Waals surface area (Å²) in [7, 11) is -2.07. The van der Waals surface area contributed by atoms with Gasteiger partial charge in [0.2, 0.25) is 9.84 Å². The molecule has 1 aliphatic rings. The van der Waals surface area contributed by atoms with Crippen LogP contribution in [0.15, 0.2) is 23.1 Å². The van der Waals surface area contributed by atoms with Crippen molar-refractivity contribution in [2.24, 2.45) is 5.92 Å². The van der Waals surface area contributed by atoms with Crippen molar-refractivity contribution in [3.63, 3.8) is 0 Å². The second-order valence-electron chi connectivity index (χ2n) is 4.46. The zero-order valence-electron chi connectivity index (χ0n) is 10.3. The number of methoxy groups -OCH3 is 1. The Morgan fingerprint density at radius 2 is 2.11 bits per heavy atom. The van der Waals surface area contributed by atoms with Crippen LogP contribution in [0.4, 0.5) is 5.69 Å². The van der Waals surface area contributed by atoms with Gasteiger partial charge < -0.3 is 15.2 Å². The van der Waals surface area contributed by atoms with Crippen molar-refractivity contribution in [1.29, 1.82) is 0 Å². The van der Waals surface area contributed by atoms with Crippen LogP contribution in [-0.2, 0) is 14.6 Å². The topological polar surface area (TPSA) is 78.6 Å². The molecule has 1 aromatic rings. The fourth-order valence-electron chi connectivity index (χ4n) is 1.61. The zero-order chi connectivity index (χ0) is 13.2. The summed E-state index contributed by atoms with van der Waals surface area (Å²) in [6.45, 7) is 0.510. The minimum absolute atomic E-state index is 0.120. The number of sulfone groups is 1. The van der Waals surface area contributed by atoms with Crippen molar-refractivity contribution < 1.29 is 17.9 Å². The fourth-order valence-corrected chi connectivity index (χ4v) is 2.78. The van der Waals surface area contributed by atoms with Gasteiger partial charge in [-0.25, -0.2) is 8.42 Å². The van der Waals surface area contributed by atoms with Gasteiger partial charge in [-0.2, -0.15) is 0 Å². The van der Waals surface area contributed by atoms with Crippen LogP contribution >= 0.6 is 0 Å². The molecule has 0 amide bonds. The summed E-state index contributed by atoms with van der Waals surface area (Å²) in [5.41, 5.74) is 6.05. The van der Waals surface area contributed by atoms with Crippen LogP contribution in [0.5, 0.6) is 5.75 Å². The minimum Gasteiger partial charge on any atom is -0.495 e. The van der Waals surface area contributed by atoms with Crippen LogP contribution in [0, 0.1) is 5.92 Å². The molecule has 0 spiro atoms. The second kappa shape index (κ2) is 5.16. The number of anilines is 1. The van der Waals surface area contributed by atoms with Crippen molar-refractivity contribution in [2.45, 2.75) is 17.7 Å². The van der Waals surface area contributed by atoms with E-state index in [0.717, 1.165) is 12.8 Å². The number of benzene rings is 1. The molecule has 1 fully saturated rings. The molecular formula is C12H17NO4S. The lowest BCUT2D eigenvalue weighted by molar-refractivity contribution is 0.165. The van der Waals surface area contributed by atoms with Crippen LogP contribution in [0.2, 0.25) is 0 Å². The van der Waals surface area contributed by atoms with E-state index < -0.39 is 9.84 Å². The number of nitrogens with two attached hydrogens (primary N) is 1. The Labute approximate surface area is 107 Å². The first-order valence-electron chi connectivity index (χ1n) is 5.77. The summed E-state index contributed by atoms with van der Waals surface area (Å²) in [4.78, 5) is 0.120. The first kappa shape index (κ1) is 13.2. The summed E-state index contributed by atoms with van der Waals surface area (Å²) in [5, 5.41) is 0. The molecule has 0 saturated heterocycles. The van der Waals surface area contributed by atoms with Crippen LogP contribution in [0.3, 0.4) is 0 Å². The molecule has 0 atom stereocenters. The summed E-state index contributed by atoms with van der Waals surface area (Å²) in [6.07, 6.45) is 2.26. The van der Waals surface area contributed by atoms with Gasteiger partial charge in [-0.3, -0.25) is 0 Å². The molecule has 1 aliphatic carbocycles. The van der Waals surface area contributed by atoms with Crippen molar-refractivity contribution in [3.05, 3.63) is 18.2 Å². The molecule has 18 heavy (non-hydrogen) atoms. The smallest absolute Gasteiger partial charge is 0.205 e. The molecule has 5 nitrogen and oxygen atoms in total. The average molecular weight is 271 g/mol. The van der Waals surface area contributed by atoms with Gasteiger partial charge in [0.05, 0.1) is 13.7 Å². The number of hydrogen-bond acceptors (Lipinski definition) is 5. The molecule has 2 rings (SSSR count). The Morgan fingerprint density at radius 3 is 2.72 bits per heavy atom. The second-order valence-corrected chi connectivity index (χ2v) is 6.36. The highest BCUT2D eigenvalue weighted by Crippen LogP contribution is 2.30. The summed E-state index contributed by atoms with van der Waals surface area (Å²) < 4.78 is 34.4. The SMILES string of the molecule is COc1cc(N)ccc1S(=O)(=O)COCC1CC1. The minimum atomic E-state index is -3.49. The van der Waals surface area contributed by atoms with Crippen LogP contribution < -0.4 is 10.5 Å². The Kier molecular flexibility index (Phi) is 3.77. The number of rotatable bonds is 6. The highest BCUT2D eigenvalue weighted by atomic mass is 32.2. The molecule has 1 aromatic carbocycles. The first-order valence-corrected chi connectivity index (χ1v) is 7.42. The molecule has 0 aliphatic heterocycles. The van der Waals surface area contributed by atoms with Crippen LogP contribution in [0.25, 0.3) is 0 Å². The third-order valence-electron chi connectivity index (χ3n) is 2.81. The van der Waals surface area contributed by atoms with Crippen LogP contribution in [-0.4, -0.2) is 28.1 Å². The average Bonchev–Trinajstić information content (AvgIpc) is 3.12. The highest BCUT2D eigenvalue weighted by Gasteiger charge is 2.24. The maximum absolute atomic E-state index is 12.1. The lowest BCUT2D eigenvalue weighted by Gasteiger charge is -2.10. The predicted octanol–water partition coefficient (Wildman–Crippen LogP) is 1.44. The van der Waals surface area contributed by atoms with E-state index in [0.29, 0.717) is 18.2 Å². The molecule has 0 bridgehead atoms. The monoisotopic (exact) mass is 271 g/mol. The Morgan fingerprint density at radius 1 is 1.39 bits per heavy atom. The quantitative estimate of drug-likeness (QED) is 0.792. The zero-order valence-corrected chi connectivity index (χ0v) is 11.1. The van der Waals surface area contributed by atoms with E-state index in [1.807, 2.05) is 0 Å². The molecule has 1 saturated carbocycles. The highest BCUT2D eigenvalue weighted by molar-refractivity contribution is 7.91. The van der Waals surface area contributed by atoms with Gasteiger partial charge in [-0.05, 0) is 30.9 Å². The Balaban J connectivity index is 2.11. The summed E-state index contributed by atoms with van der Waals surface area (Å²) in [5.74, 6) is 0.475. The molecule has 2 N–H and O–H groups in total. The standard InChI is InChI=1S/C12H17NO4S/c1-16-11-6-10(13)4-5-12(11)18(14,15)8-17-7-9-2-3-9/h4-6,9H,2-3,7-8,13H2,1H3. The van der Waals surface area contributed by atoms with Gasteiger partial charge in [0, 0.05) is 11.8 Å². The maximum atomic E-state index is 12.1. The number of hydrogen-bond donors (Lipinski definition) is 1. The number of nitrogen functional groups attached to an aromatic ring is 1. The van der Waals surface area contributed by atoms with Crippen molar-refractivity contribution in [1.82, 2.24) is 0 Å². The third kappa shape index (κ3) is 3.14. The first-order chi connectivity index (χ1) is 8.53. The van der Waals surface area contributed by atoms with Gasteiger partial charge in [0.25, 0.3) is 0 Å². The molecule has 0 unspecified atom stereocenters. The van der Waals surface area contributed by atoms with Gasteiger partial charge in [0.1, 0.15) is 10.6 Å². The molecule has 0 heterocycles. The number of ether oxygens (including phenoxy) is 2. The maximum Gasteiger partial charge on any atom is 0.205 e. The van der Waals surface area contributed by atoms with Gasteiger partial charge in [-0.15, -0.1) is 0 Å². The molecule has 100 valence electrons. The Hall–Kier alpha value is -1.27. The van der Waals surface area contributed by atoms with Crippen molar-refractivity contribution >= 4 is 15.5 Å². The van der Waals surface area contributed by atoms with E-state index in [1.54, 1.807) is 0 Å². The van der Waals surface area contributed by atoms with Gasteiger partial charge in [0.15, 0.2) is 5.94 Å². The van der Waals surface area contributed by atoms with E-state index in [9.17, 15) is 8.42 Å². The lowest BCUT2D eigenvalue weighted by Crippen LogP contribution is -2.12. The van der Waals surface area contributed by atoms with E-state index in [-0.39, 0.29) is 16.6 Å². The van der Waals surface area contributed by atoms with E-state index in [4.69, 9.17) is 15.2 Å². The normalized spacial score (nSPS) is 15.6. The van der Waals surface area contributed by atoms with Crippen molar-refractivity contribution in [2.75, 3.05) is 25.4 Å². The van der Waals surface area contributed by atoms with Gasteiger partial charge >= 0.3 is 0 Å². The molecule has 6 heteroatoms. The van der Waals surface area contributed by atoms with E-state index in [2.05, 4.69) is 0 Å². The molecule has 0 aromatic heterocycles. The molecular weight excluding hydrogens is 254 g/mol. The van der Waals surface area contributed by atoms with E-state index >= 15 is 0 Å². The Bertz CT molecular complexity index is 523. The largest absolute Gasteiger partial charge is 0.495 e. The molecule has 0 radical (unpaired) electrons. The van der Waals surface area contributed by atoms with Crippen molar-refractivity contribution in [3.8, 4) is 5.75 Å². The lowest BCUT2D eigenvalue weighted by atomic mass is 10.3. The van der Waals surface area contributed by atoms with Crippen LogP contribution in [0.1, 0.15) is 12.8 Å². The third-order valence-corrected chi connectivity index (χ3v) is 4.30. The predicted molar refractivity (Wildman–Crippen MR) is 68.1 cm³/mol. The summed E-state index contributed by atoms with van der Waals surface area (Å²) in [6, 6.07) is 4.48. The summed E-state index contributed by atoms with van der Waals surface area (Å²) >= 11 is 0.